The molecule has 1 N–H and O–H groups in total. The van der Waals surface area contributed by atoms with Crippen LogP contribution in [0, 0.1) is 6.92 Å². The third-order valence-corrected chi connectivity index (χ3v) is 6.61. The van der Waals surface area contributed by atoms with E-state index in [0.29, 0.717) is 33.7 Å². The van der Waals surface area contributed by atoms with Crippen molar-refractivity contribution in [2.45, 2.75) is 26.9 Å². The molecule has 0 radical (unpaired) electrons. The van der Waals surface area contributed by atoms with Crippen molar-refractivity contribution in [1.82, 2.24) is 24.5 Å². The Morgan fingerprint density at radius 3 is 2.57 bits per heavy atom. The van der Waals surface area contributed by atoms with E-state index in [1.165, 1.54) is 0 Å². The molecule has 176 valence electrons. The molecule has 5 aromatic rings. The Hall–Kier alpha value is -3.68. The highest BCUT2D eigenvalue weighted by molar-refractivity contribution is 6.36. The smallest absolute Gasteiger partial charge is 0.257 e. The minimum Gasteiger partial charge on any atom is -0.305 e. The number of amides is 1. The van der Waals surface area contributed by atoms with Crippen LogP contribution in [0.4, 0.5) is 5.82 Å². The highest BCUT2D eigenvalue weighted by Crippen LogP contribution is 2.28. The molecule has 9 heteroatoms. The fourth-order valence-electron chi connectivity index (χ4n) is 4.06. The molecule has 0 bridgehead atoms. The number of aryl methyl sites for hydroxylation is 1. The second-order valence-electron chi connectivity index (χ2n) is 8.08. The van der Waals surface area contributed by atoms with Gasteiger partial charge in [-0.2, -0.15) is 10.2 Å². The number of fused-ring (bicyclic) bond motifs is 1. The van der Waals surface area contributed by atoms with Gasteiger partial charge in [0.2, 0.25) is 0 Å². The van der Waals surface area contributed by atoms with Gasteiger partial charge in [-0.1, -0.05) is 47.5 Å². The van der Waals surface area contributed by atoms with Gasteiger partial charge in [-0.05, 0) is 38.1 Å². The number of aromatic nitrogens is 5. The number of halogens is 2. The van der Waals surface area contributed by atoms with Crippen molar-refractivity contribution in [1.29, 1.82) is 0 Å². The van der Waals surface area contributed by atoms with Crippen molar-refractivity contribution < 1.29 is 4.79 Å². The van der Waals surface area contributed by atoms with Gasteiger partial charge in [0.05, 0.1) is 29.5 Å². The lowest BCUT2D eigenvalue weighted by Crippen LogP contribution is -2.14. The number of rotatable bonds is 6. The van der Waals surface area contributed by atoms with Crippen LogP contribution >= 0.6 is 23.2 Å². The van der Waals surface area contributed by atoms with E-state index >= 15 is 0 Å². The molecule has 7 nitrogen and oxygen atoms in total. The molecule has 3 heterocycles. The van der Waals surface area contributed by atoms with E-state index in [-0.39, 0.29) is 5.91 Å². The van der Waals surface area contributed by atoms with Crippen LogP contribution in [0.15, 0.2) is 67.0 Å². The normalized spacial score (nSPS) is 11.2. The van der Waals surface area contributed by atoms with Crippen LogP contribution in [0.5, 0.6) is 0 Å². The van der Waals surface area contributed by atoms with Crippen molar-refractivity contribution in [2.24, 2.45) is 0 Å². The van der Waals surface area contributed by atoms with Crippen LogP contribution < -0.4 is 5.32 Å². The summed E-state index contributed by atoms with van der Waals surface area (Å²) < 4.78 is 3.59. The number of nitrogens with zero attached hydrogens (tertiary/aromatic N) is 5. The van der Waals surface area contributed by atoms with Crippen molar-refractivity contribution in [3.63, 3.8) is 0 Å². The number of nitrogens with one attached hydrogen (secondary N) is 1. The van der Waals surface area contributed by atoms with E-state index in [0.717, 1.165) is 34.3 Å². The van der Waals surface area contributed by atoms with E-state index < -0.39 is 0 Å². The summed E-state index contributed by atoms with van der Waals surface area (Å²) in [5.41, 5.74) is 4.61. The van der Waals surface area contributed by atoms with Gasteiger partial charge in [-0.25, -0.2) is 4.98 Å². The summed E-state index contributed by atoms with van der Waals surface area (Å²) in [4.78, 5) is 18.2. The third-order valence-electron chi connectivity index (χ3n) is 5.90. The lowest BCUT2D eigenvalue weighted by molar-refractivity contribution is 0.102. The second-order valence-corrected chi connectivity index (χ2v) is 8.90. The fourth-order valence-corrected chi connectivity index (χ4v) is 4.58. The summed E-state index contributed by atoms with van der Waals surface area (Å²) in [7, 11) is 0. The molecule has 5 rings (SSSR count). The second kappa shape index (κ2) is 9.52. The Morgan fingerprint density at radius 1 is 1.06 bits per heavy atom. The average molecular weight is 505 g/mol. The van der Waals surface area contributed by atoms with Crippen molar-refractivity contribution in [3.05, 3.63) is 93.9 Å². The number of para-hydroxylation sites is 1. The zero-order valence-corrected chi connectivity index (χ0v) is 20.7. The Morgan fingerprint density at radius 2 is 1.83 bits per heavy atom. The summed E-state index contributed by atoms with van der Waals surface area (Å²) >= 11 is 12.6. The Bertz CT molecular complexity index is 1530. The molecule has 1 amide bonds. The summed E-state index contributed by atoms with van der Waals surface area (Å²) in [5, 5.41) is 13.7. The zero-order valence-electron chi connectivity index (χ0n) is 19.2. The van der Waals surface area contributed by atoms with Gasteiger partial charge in [0.1, 0.15) is 0 Å². The first-order chi connectivity index (χ1) is 16.9. The van der Waals surface area contributed by atoms with Gasteiger partial charge in [0.15, 0.2) is 5.82 Å². The first-order valence-corrected chi connectivity index (χ1v) is 11.9. The van der Waals surface area contributed by atoms with Crippen LogP contribution in [-0.4, -0.2) is 30.5 Å². The standard InChI is InChI=1S/C26H22Cl2N6O/c1-3-34-16(2)19(14-29-34)24-13-18(17-7-4-5-10-23(17)30-24)26(35)31-25-11-12-33(32-25)15-20-21(27)8-6-9-22(20)28/h4-14H,3,15H2,1-2H3,(H,31,32,35). The van der Waals surface area contributed by atoms with Gasteiger partial charge in [0, 0.05) is 51.1 Å². The van der Waals surface area contributed by atoms with Gasteiger partial charge >= 0.3 is 0 Å². The first-order valence-electron chi connectivity index (χ1n) is 11.1. The van der Waals surface area contributed by atoms with E-state index in [2.05, 4.69) is 15.5 Å². The predicted molar refractivity (Wildman–Crippen MR) is 139 cm³/mol. The molecular formula is C26H22Cl2N6O. The highest BCUT2D eigenvalue weighted by Gasteiger charge is 2.18. The molecule has 0 aliphatic rings. The van der Waals surface area contributed by atoms with Crippen LogP contribution in [-0.2, 0) is 13.1 Å². The van der Waals surface area contributed by atoms with Crippen LogP contribution in [0.25, 0.3) is 22.2 Å². The largest absolute Gasteiger partial charge is 0.305 e. The molecule has 0 aliphatic carbocycles. The molecular weight excluding hydrogens is 483 g/mol. The number of pyridine rings is 1. The van der Waals surface area contributed by atoms with E-state index in [4.69, 9.17) is 28.2 Å². The topological polar surface area (TPSA) is 77.6 Å². The Kier molecular flexibility index (Phi) is 6.28. The minimum absolute atomic E-state index is 0.272. The Labute approximate surface area is 212 Å². The molecule has 0 aliphatic heterocycles. The SMILES string of the molecule is CCn1ncc(-c2cc(C(=O)Nc3ccn(Cc4c(Cl)cccc4Cl)n3)c3ccccc3n2)c1C. The minimum atomic E-state index is -0.272. The van der Waals surface area contributed by atoms with E-state index in [1.54, 1.807) is 41.3 Å². The number of benzene rings is 2. The fraction of sp³-hybridized carbons (Fsp3) is 0.154. The lowest BCUT2D eigenvalue weighted by atomic mass is 10.0. The van der Waals surface area contributed by atoms with Crippen LogP contribution in [0.2, 0.25) is 10.0 Å². The predicted octanol–water partition coefficient (Wildman–Crippen LogP) is 6.23. The average Bonchev–Trinajstić information content (AvgIpc) is 3.46. The number of anilines is 1. The van der Waals surface area contributed by atoms with Crippen LogP contribution in [0.1, 0.15) is 28.5 Å². The van der Waals surface area contributed by atoms with Crippen molar-refractivity contribution in [3.8, 4) is 11.3 Å². The lowest BCUT2D eigenvalue weighted by Gasteiger charge is -2.10. The molecule has 0 saturated heterocycles. The molecule has 0 fully saturated rings. The number of hydrogen-bond donors (Lipinski definition) is 1. The maximum atomic E-state index is 13.4. The zero-order chi connectivity index (χ0) is 24.5. The van der Waals surface area contributed by atoms with Gasteiger partial charge in [-0.3, -0.25) is 14.2 Å². The molecule has 0 spiro atoms. The molecule has 3 aromatic heterocycles. The maximum Gasteiger partial charge on any atom is 0.257 e. The summed E-state index contributed by atoms with van der Waals surface area (Å²) in [5.74, 6) is 0.155. The number of hydrogen-bond acceptors (Lipinski definition) is 4. The van der Waals surface area contributed by atoms with Crippen molar-refractivity contribution in [2.75, 3.05) is 5.32 Å². The molecule has 0 saturated carbocycles. The maximum absolute atomic E-state index is 13.4. The third kappa shape index (κ3) is 4.52. The van der Waals surface area contributed by atoms with Gasteiger partial charge < -0.3 is 5.32 Å². The first kappa shape index (κ1) is 23.1. The summed E-state index contributed by atoms with van der Waals surface area (Å²) in [6.45, 7) is 5.18. The molecule has 0 unspecified atom stereocenters. The van der Waals surface area contributed by atoms with Gasteiger partial charge in [-0.15, -0.1) is 0 Å². The molecule has 2 aromatic carbocycles. The van der Waals surface area contributed by atoms with Crippen LogP contribution in [0.3, 0.4) is 0 Å². The van der Waals surface area contributed by atoms with Crippen molar-refractivity contribution >= 4 is 45.8 Å². The molecule has 0 atom stereocenters. The highest BCUT2D eigenvalue weighted by atomic mass is 35.5. The summed E-state index contributed by atoms with van der Waals surface area (Å²) in [6.07, 6.45) is 3.56. The molecule has 35 heavy (non-hydrogen) atoms. The van der Waals surface area contributed by atoms with Gasteiger partial charge in [0.25, 0.3) is 5.91 Å². The van der Waals surface area contributed by atoms with E-state index in [1.807, 2.05) is 48.9 Å². The van der Waals surface area contributed by atoms with E-state index in [9.17, 15) is 4.79 Å². The number of carbonyl (C=O) groups is 1. The number of carbonyl (C=O) groups excluding carboxylic acids is 1. The summed E-state index contributed by atoms with van der Waals surface area (Å²) in [6, 6.07) is 16.5. The Balaban J connectivity index is 1.46. The monoisotopic (exact) mass is 504 g/mol. The quantitative estimate of drug-likeness (QED) is 0.297.